The van der Waals surface area contributed by atoms with E-state index >= 15 is 0 Å². The molecule has 4 aliphatic rings. The fraction of sp³-hybridized carbons (Fsp3) is 0.583. The van der Waals surface area contributed by atoms with Gasteiger partial charge in [-0.25, -0.2) is 4.79 Å². The number of amides is 2. The van der Waals surface area contributed by atoms with Crippen molar-refractivity contribution < 1.29 is 27.8 Å². The van der Waals surface area contributed by atoms with Crippen molar-refractivity contribution in [1.29, 1.82) is 0 Å². The maximum atomic E-state index is 13.4. The maximum Gasteiger partial charge on any atom is 0.408 e. The number of likely N-dealkylation sites (tertiary alicyclic amines) is 1. The molecule has 38 heavy (non-hydrogen) atoms. The molecule has 3 aromatic heterocycles. The van der Waals surface area contributed by atoms with E-state index in [0.29, 0.717) is 79.5 Å². The largest absolute Gasteiger partial charge is 0.408 e. The number of urea groups is 1. The summed E-state index contributed by atoms with van der Waals surface area (Å²) in [6.45, 7) is 1.89. The molecule has 0 radical (unpaired) electrons. The van der Waals surface area contributed by atoms with Crippen molar-refractivity contribution in [3.8, 4) is 11.4 Å². The Balaban J connectivity index is 1.18. The second-order valence-electron chi connectivity index (χ2n) is 11.1. The van der Waals surface area contributed by atoms with Crippen LogP contribution in [0.1, 0.15) is 25.7 Å². The van der Waals surface area contributed by atoms with Gasteiger partial charge in [-0.3, -0.25) is 14.8 Å². The molecular formula is C24H27F3N8O3. The predicted octanol–water partition coefficient (Wildman–Crippen LogP) is 2.74. The van der Waals surface area contributed by atoms with Gasteiger partial charge in [0.1, 0.15) is 12.2 Å². The van der Waals surface area contributed by atoms with Crippen molar-refractivity contribution >= 4 is 28.4 Å². The quantitative estimate of drug-likeness (QED) is 0.472. The van der Waals surface area contributed by atoms with E-state index in [2.05, 4.69) is 25.6 Å². The molecule has 7 rings (SSSR count). The van der Waals surface area contributed by atoms with Gasteiger partial charge in [-0.1, -0.05) is 0 Å². The lowest BCUT2D eigenvalue weighted by Gasteiger charge is -2.55. The van der Waals surface area contributed by atoms with Crippen molar-refractivity contribution in [3.63, 3.8) is 0 Å². The molecule has 2 amide bonds. The fourth-order valence-corrected chi connectivity index (χ4v) is 6.06. The lowest BCUT2D eigenvalue weighted by molar-refractivity contribution is -0.141. The molecular weight excluding hydrogens is 505 g/mol. The Hall–Kier alpha value is -3.39. The highest BCUT2D eigenvalue weighted by atomic mass is 19.4. The van der Waals surface area contributed by atoms with Crippen molar-refractivity contribution in [2.45, 2.75) is 50.0 Å². The topological polar surface area (TPSA) is 124 Å². The number of ether oxygens (including phenoxy) is 1. The standard InChI is InChI=1S/C24H27F3N8O3/c25-24(26,27)11-35-18-5-16(28-7-15(18)20(32-35)33-9-22(10-33)12-38-13-22)19-17(8-29-31-19)30-21(37)34-4-1-14(36)6-23(34)2-3-23/h5,7-8,14,36H,1-4,6,9-13H2,(H,29,31)(H,30,37). The first-order chi connectivity index (χ1) is 18.1. The van der Waals surface area contributed by atoms with E-state index < -0.39 is 18.8 Å². The van der Waals surface area contributed by atoms with Gasteiger partial charge >= 0.3 is 12.2 Å². The Bertz CT molecular complexity index is 1400. The molecule has 3 N–H and O–H groups in total. The number of hydrogen-bond donors (Lipinski definition) is 3. The minimum absolute atomic E-state index is 0.0714. The van der Waals surface area contributed by atoms with Crippen LogP contribution in [0, 0.1) is 5.41 Å². The summed E-state index contributed by atoms with van der Waals surface area (Å²) in [6, 6.07) is 1.25. The first-order valence-corrected chi connectivity index (χ1v) is 12.7. The number of anilines is 2. The van der Waals surface area contributed by atoms with Gasteiger partial charge in [-0.15, -0.1) is 0 Å². The Morgan fingerprint density at radius 1 is 1.26 bits per heavy atom. The molecule has 1 aliphatic carbocycles. The zero-order valence-corrected chi connectivity index (χ0v) is 20.5. The van der Waals surface area contributed by atoms with Crippen molar-refractivity contribution in [2.75, 3.05) is 43.1 Å². The first kappa shape index (κ1) is 23.7. The number of carbonyl (C=O) groups excluding carboxylic acids is 1. The van der Waals surface area contributed by atoms with Gasteiger partial charge in [0.15, 0.2) is 5.82 Å². The highest BCUT2D eigenvalue weighted by Crippen LogP contribution is 2.48. The lowest BCUT2D eigenvalue weighted by Crippen LogP contribution is -2.66. The van der Waals surface area contributed by atoms with Gasteiger partial charge in [0, 0.05) is 31.4 Å². The molecule has 1 saturated carbocycles. The zero-order chi connectivity index (χ0) is 26.3. The van der Waals surface area contributed by atoms with Crippen LogP contribution in [0.4, 0.5) is 29.5 Å². The number of pyridine rings is 1. The molecule has 14 heteroatoms. The highest BCUT2D eigenvalue weighted by molar-refractivity contribution is 5.96. The summed E-state index contributed by atoms with van der Waals surface area (Å²) < 4.78 is 46.5. The van der Waals surface area contributed by atoms with Crippen LogP contribution in [-0.2, 0) is 11.3 Å². The summed E-state index contributed by atoms with van der Waals surface area (Å²) in [5.41, 5.74) is 1.16. The number of halogens is 3. The highest BCUT2D eigenvalue weighted by Gasteiger charge is 2.53. The molecule has 3 saturated heterocycles. The Morgan fingerprint density at radius 3 is 2.74 bits per heavy atom. The predicted molar refractivity (Wildman–Crippen MR) is 130 cm³/mol. The summed E-state index contributed by atoms with van der Waals surface area (Å²) in [5.74, 6) is 0.473. The molecule has 3 aliphatic heterocycles. The SMILES string of the molecule is O=C(Nc1cn[nH]c1-c1cc2c(cn1)c(N1CC3(COC3)C1)nn2CC(F)(F)F)N1CCC(O)CC12CC2. The smallest absolute Gasteiger partial charge is 0.393 e. The van der Waals surface area contributed by atoms with E-state index in [1.54, 1.807) is 11.0 Å². The second-order valence-corrected chi connectivity index (χ2v) is 11.1. The number of aliphatic hydroxyl groups excluding tert-OH is 1. The molecule has 6 heterocycles. The van der Waals surface area contributed by atoms with E-state index in [1.807, 2.05) is 4.90 Å². The fourth-order valence-electron chi connectivity index (χ4n) is 6.06. The molecule has 1 atom stereocenters. The van der Waals surface area contributed by atoms with E-state index in [0.717, 1.165) is 17.5 Å². The minimum atomic E-state index is -4.45. The number of aromatic nitrogens is 5. The minimum Gasteiger partial charge on any atom is -0.393 e. The van der Waals surface area contributed by atoms with Crippen LogP contribution in [0.15, 0.2) is 18.5 Å². The number of H-pyrrole nitrogens is 1. The van der Waals surface area contributed by atoms with Gasteiger partial charge in [-0.2, -0.15) is 23.4 Å². The number of piperidine rings is 1. The summed E-state index contributed by atoms with van der Waals surface area (Å²) in [5, 5.41) is 24.6. The third kappa shape index (κ3) is 3.88. The molecule has 2 spiro atoms. The van der Waals surface area contributed by atoms with Crippen LogP contribution in [0.5, 0.6) is 0 Å². The molecule has 4 fully saturated rings. The number of fused-ring (bicyclic) bond motifs is 1. The van der Waals surface area contributed by atoms with Crippen molar-refractivity contribution in [1.82, 2.24) is 29.9 Å². The van der Waals surface area contributed by atoms with Crippen LogP contribution < -0.4 is 10.2 Å². The third-order valence-electron chi connectivity index (χ3n) is 8.20. The van der Waals surface area contributed by atoms with E-state index in [9.17, 15) is 23.1 Å². The number of carbonyl (C=O) groups is 1. The number of aromatic amines is 1. The second kappa shape index (κ2) is 8.06. The molecule has 0 aromatic carbocycles. The summed E-state index contributed by atoms with van der Waals surface area (Å²) in [4.78, 5) is 21.4. The van der Waals surface area contributed by atoms with Crippen LogP contribution in [0.2, 0.25) is 0 Å². The van der Waals surface area contributed by atoms with E-state index in [-0.39, 0.29) is 17.0 Å². The van der Waals surface area contributed by atoms with Gasteiger partial charge in [-0.05, 0) is 31.7 Å². The van der Waals surface area contributed by atoms with Gasteiger partial charge in [0.2, 0.25) is 0 Å². The monoisotopic (exact) mass is 532 g/mol. The van der Waals surface area contributed by atoms with E-state index in [4.69, 9.17) is 4.74 Å². The molecule has 0 bridgehead atoms. The summed E-state index contributed by atoms with van der Waals surface area (Å²) in [7, 11) is 0. The van der Waals surface area contributed by atoms with Gasteiger partial charge in [0.05, 0.1) is 53.2 Å². The van der Waals surface area contributed by atoms with Gasteiger partial charge < -0.3 is 25.0 Å². The normalized spacial score (nSPS) is 23.5. The Kier molecular flexibility index (Phi) is 5.03. The number of aliphatic hydroxyl groups is 1. The average Bonchev–Trinajstić information content (AvgIpc) is 3.24. The molecule has 11 nitrogen and oxygen atoms in total. The number of nitrogens with one attached hydrogen (secondary N) is 2. The average molecular weight is 533 g/mol. The lowest BCUT2D eigenvalue weighted by atomic mass is 9.78. The molecule has 202 valence electrons. The van der Waals surface area contributed by atoms with Crippen LogP contribution in [0.25, 0.3) is 22.3 Å². The Labute approximate surface area is 214 Å². The number of alkyl halides is 3. The summed E-state index contributed by atoms with van der Waals surface area (Å²) >= 11 is 0. The number of rotatable bonds is 4. The zero-order valence-electron chi connectivity index (χ0n) is 20.5. The number of hydrogen-bond acceptors (Lipinski definition) is 7. The van der Waals surface area contributed by atoms with Crippen LogP contribution in [0.3, 0.4) is 0 Å². The summed E-state index contributed by atoms with van der Waals surface area (Å²) in [6.07, 6.45) is 0.907. The number of nitrogens with zero attached hydrogens (tertiary/aromatic N) is 6. The Morgan fingerprint density at radius 2 is 2.05 bits per heavy atom. The maximum absolute atomic E-state index is 13.4. The first-order valence-electron chi connectivity index (χ1n) is 12.7. The molecule has 3 aromatic rings. The van der Waals surface area contributed by atoms with Crippen LogP contribution >= 0.6 is 0 Å². The third-order valence-corrected chi connectivity index (χ3v) is 8.20. The van der Waals surface area contributed by atoms with Crippen molar-refractivity contribution in [3.05, 3.63) is 18.5 Å². The van der Waals surface area contributed by atoms with Crippen molar-refractivity contribution in [2.24, 2.45) is 5.41 Å². The van der Waals surface area contributed by atoms with Gasteiger partial charge in [0.25, 0.3) is 0 Å². The molecule has 1 unspecified atom stereocenters. The van der Waals surface area contributed by atoms with E-state index in [1.165, 1.54) is 12.4 Å². The van der Waals surface area contributed by atoms with Crippen LogP contribution in [-0.4, -0.2) is 91.7 Å².